The molecule has 0 aliphatic heterocycles. The van der Waals surface area contributed by atoms with Gasteiger partial charge in [0.2, 0.25) is 0 Å². The summed E-state index contributed by atoms with van der Waals surface area (Å²) in [6.07, 6.45) is 6.81. The Morgan fingerprint density at radius 1 is 1.32 bits per heavy atom. The number of carbonyl (C=O) groups excluding carboxylic acids is 1. The average Bonchev–Trinajstić information content (AvgIpc) is 2.80. The lowest BCUT2D eigenvalue weighted by Gasteiger charge is -2.15. The van der Waals surface area contributed by atoms with Crippen molar-refractivity contribution in [3.8, 4) is 0 Å². The zero-order valence-corrected chi connectivity index (χ0v) is 15.5. The minimum Gasteiger partial charge on any atom is -0.300 e. The molecule has 0 fully saturated rings. The third-order valence-electron chi connectivity index (χ3n) is 4.66. The second-order valence-corrected chi connectivity index (χ2v) is 7.91. The summed E-state index contributed by atoms with van der Waals surface area (Å²) in [6.45, 7) is 3.57. The fraction of sp³-hybridized carbons (Fsp3) is 0.286. The lowest BCUT2D eigenvalue weighted by atomic mass is 9.92. The number of hydrogen-bond acceptors (Lipinski definition) is 2. The molecule has 0 radical (unpaired) electrons. The SMILES string of the molecule is CC(=O)CC1=C(C)/C(=C/c2ccc(S(C)=O)cc2)C2=C1CC(F)C=C2. The molecular formula is C21H21FO2S. The quantitative estimate of drug-likeness (QED) is 0.783. The second kappa shape index (κ2) is 7.04. The van der Waals surface area contributed by atoms with Gasteiger partial charge < -0.3 is 0 Å². The molecular weight excluding hydrogens is 335 g/mol. The van der Waals surface area contributed by atoms with Crippen LogP contribution >= 0.6 is 0 Å². The molecule has 130 valence electrons. The van der Waals surface area contributed by atoms with E-state index in [1.807, 2.05) is 37.3 Å². The van der Waals surface area contributed by atoms with E-state index in [9.17, 15) is 13.4 Å². The first-order chi connectivity index (χ1) is 11.9. The molecule has 2 atom stereocenters. The molecule has 0 N–H and O–H groups in total. The highest BCUT2D eigenvalue weighted by Gasteiger charge is 2.29. The molecule has 0 saturated heterocycles. The Hall–Kier alpha value is -2.07. The van der Waals surface area contributed by atoms with E-state index in [1.54, 1.807) is 19.3 Å². The van der Waals surface area contributed by atoms with E-state index < -0.39 is 17.0 Å². The van der Waals surface area contributed by atoms with Gasteiger partial charge in [-0.25, -0.2) is 4.39 Å². The Kier molecular flexibility index (Phi) is 5.00. The number of ketones is 1. The first-order valence-corrected chi connectivity index (χ1v) is 9.83. The molecule has 0 aromatic heterocycles. The summed E-state index contributed by atoms with van der Waals surface area (Å²) >= 11 is 0. The van der Waals surface area contributed by atoms with Crippen molar-refractivity contribution in [1.29, 1.82) is 0 Å². The van der Waals surface area contributed by atoms with E-state index in [2.05, 4.69) is 6.08 Å². The molecule has 2 nitrogen and oxygen atoms in total. The summed E-state index contributed by atoms with van der Waals surface area (Å²) in [5.74, 6) is 0.0854. The summed E-state index contributed by atoms with van der Waals surface area (Å²) in [7, 11) is -1.00. The molecule has 4 heteroatoms. The maximum absolute atomic E-state index is 13.9. The Labute approximate surface area is 150 Å². The van der Waals surface area contributed by atoms with Crippen LogP contribution in [0.5, 0.6) is 0 Å². The molecule has 1 aromatic rings. The average molecular weight is 356 g/mol. The molecule has 3 rings (SSSR count). The van der Waals surface area contributed by atoms with Crippen LogP contribution in [0.4, 0.5) is 4.39 Å². The number of Topliss-reactive ketones (excluding diaryl/α,β-unsaturated/α-hetero) is 1. The number of halogens is 1. The van der Waals surface area contributed by atoms with Crippen LogP contribution in [0.15, 0.2) is 69.2 Å². The topological polar surface area (TPSA) is 34.1 Å². The first-order valence-electron chi connectivity index (χ1n) is 8.27. The summed E-state index contributed by atoms with van der Waals surface area (Å²) in [5, 5.41) is 0. The van der Waals surface area contributed by atoms with Gasteiger partial charge in [0.25, 0.3) is 0 Å². The van der Waals surface area contributed by atoms with Gasteiger partial charge in [-0.15, -0.1) is 0 Å². The van der Waals surface area contributed by atoms with Crippen LogP contribution in [0.3, 0.4) is 0 Å². The van der Waals surface area contributed by atoms with Gasteiger partial charge in [0, 0.05) is 34.8 Å². The maximum Gasteiger partial charge on any atom is 0.134 e. The van der Waals surface area contributed by atoms with Crippen molar-refractivity contribution < 1.29 is 13.4 Å². The van der Waals surface area contributed by atoms with Crippen molar-refractivity contribution in [1.82, 2.24) is 0 Å². The third kappa shape index (κ3) is 3.64. The molecule has 2 aliphatic rings. The van der Waals surface area contributed by atoms with Crippen molar-refractivity contribution in [2.24, 2.45) is 0 Å². The zero-order valence-electron chi connectivity index (χ0n) is 14.6. The summed E-state index contributed by atoms with van der Waals surface area (Å²) < 4.78 is 25.4. The van der Waals surface area contributed by atoms with Crippen LogP contribution in [0.25, 0.3) is 6.08 Å². The van der Waals surface area contributed by atoms with Crippen molar-refractivity contribution in [3.63, 3.8) is 0 Å². The van der Waals surface area contributed by atoms with Gasteiger partial charge in [-0.2, -0.15) is 0 Å². The van der Waals surface area contributed by atoms with E-state index in [-0.39, 0.29) is 5.78 Å². The number of rotatable bonds is 4. The monoisotopic (exact) mass is 356 g/mol. The fourth-order valence-electron chi connectivity index (χ4n) is 3.40. The smallest absolute Gasteiger partial charge is 0.134 e. The lowest BCUT2D eigenvalue weighted by Crippen LogP contribution is -2.06. The molecule has 0 bridgehead atoms. The lowest BCUT2D eigenvalue weighted by molar-refractivity contribution is -0.116. The van der Waals surface area contributed by atoms with E-state index >= 15 is 0 Å². The van der Waals surface area contributed by atoms with Crippen LogP contribution in [0.2, 0.25) is 0 Å². The number of alkyl halides is 1. The van der Waals surface area contributed by atoms with Gasteiger partial charge in [-0.3, -0.25) is 9.00 Å². The number of allylic oxidation sites excluding steroid dienone is 7. The number of hydrogen-bond donors (Lipinski definition) is 0. The third-order valence-corrected chi connectivity index (χ3v) is 5.59. The summed E-state index contributed by atoms with van der Waals surface area (Å²) in [4.78, 5) is 12.4. The minimum atomic E-state index is -1.00. The van der Waals surface area contributed by atoms with Crippen LogP contribution in [0.1, 0.15) is 32.3 Å². The molecule has 2 unspecified atom stereocenters. The second-order valence-electron chi connectivity index (χ2n) is 6.53. The Morgan fingerprint density at radius 2 is 2.00 bits per heavy atom. The van der Waals surface area contributed by atoms with E-state index in [4.69, 9.17) is 0 Å². The molecule has 0 saturated carbocycles. The molecule has 2 aliphatic carbocycles. The van der Waals surface area contributed by atoms with Crippen molar-refractivity contribution in [2.75, 3.05) is 6.26 Å². The van der Waals surface area contributed by atoms with E-state index in [0.717, 1.165) is 38.3 Å². The summed E-state index contributed by atoms with van der Waals surface area (Å²) in [5.41, 5.74) is 6.02. The van der Waals surface area contributed by atoms with Gasteiger partial charge in [0.15, 0.2) is 0 Å². The highest BCUT2D eigenvalue weighted by molar-refractivity contribution is 7.84. The van der Waals surface area contributed by atoms with Crippen LogP contribution in [0, 0.1) is 0 Å². The van der Waals surface area contributed by atoms with E-state index in [0.29, 0.717) is 12.8 Å². The molecule has 25 heavy (non-hydrogen) atoms. The van der Waals surface area contributed by atoms with Gasteiger partial charge in [-0.05, 0) is 71.6 Å². The number of carbonyl (C=O) groups is 1. The Balaban J connectivity index is 2.04. The predicted octanol–water partition coefficient (Wildman–Crippen LogP) is 4.71. The van der Waals surface area contributed by atoms with Gasteiger partial charge in [0.05, 0.1) is 0 Å². The molecule has 0 amide bonds. The van der Waals surface area contributed by atoms with Crippen molar-refractivity contribution >= 4 is 22.7 Å². The fourth-order valence-corrected chi connectivity index (χ4v) is 3.92. The highest BCUT2D eigenvalue weighted by atomic mass is 32.2. The van der Waals surface area contributed by atoms with Gasteiger partial charge in [-0.1, -0.05) is 18.2 Å². The standard InChI is InChI=1S/C21H21FO2S/c1-13(23)10-19-14(2)20(18-9-6-16(22)12-21(18)19)11-15-4-7-17(8-5-15)25(3)24/h4-9,11,16H,10,12H2,1-3H3/b20-11-. The predicted molar refractivity (Wildman–Crippen MR) is 100 cm³/mol. The van der Waals surface area contributed by atoms with Crippen LogP contribution in [-0.2, 0) is 15.6 Å². The molecule has 0 heterocycles. The normalized spacial score (nSPS) is 22.6. The Bertz CT molecular complexity index is 870. The van der Waals surface area contributed by atoms with Gasteiger partial charge >= 0.3 is 0 Å². The van der Waals surface area contributed by atoms with E-state index in [1.165, 1.54) is 0 Å². The Morgan fingerprint density at radius 3 is 2.60 bits per heavy atom. The highest BCUT2D eigenvalue weighted by Crippen LogP contribution is 2.44. The number of benzene rings is 1. The van der Waals surface area contributed by atoms with Gasteiger partial charge in [0.1, 0.15) is 12.0 Å². The minimum absolute atomic E-state index is 0.0854. The van der Waals surface area contributed by atoms with Crippen molar-refractivity contribution in [3.05, 3.63) is 69.8 Å². The van der Waals surface area contributed by atoms with Crippen molar-refractivity contribution in [2.45, 2.75) is 37.8 Å². The summed E-state index contributed by atoms with van der Waals surface area (Å²) in [6, 6.07) is 7.59. The zero-order chi connectivity index (χ0) is 18.1. The first kappa shape index (κ1) is 17.7. The molecule has 0 spiro atoms. The maximum atomic E-state index is 13.9. The van der Waals surface area contributed by atoms with Crippen LogP contribution in [-0.4, -0.2) is 22.4 Å². The largest absolute Gasteiger partial charge is 0.300 e. The van der Waals surface area contributed by atoms with Crippen LogP contribution < -0.4 is 0 Å². The molecule has 1 aromatic carbocycles.